The molecule has 0 aromatic heterocycles. The predicted molar refractivity (Wildman–Crippen MR) is 89.2 cm³/mol. The van der Waals surface area contributed by atoms with Crippen molar-refractivity contribution < 1.29 is 14.2 Å². The first-order valence-electron chi connectivity index (χ1n) is 7.43. The number of nitrogens with zero attached hydrogens (tertiary/aromatic N) is 1. The molecular formula is C16H27N3O3. The topological polar surface area (TPSA) is 64.1 Å². The van der Waals surface area contributed by atoms with Gasteiger partial charge in [0.2, 0.25) is 0 Å². The Kier molecular flexibility index (Phi) is 7.96. The van der Waals surface area contributed by atoms with Crippen molar-refractivity contribution in [2.45, 2.75) is 26.3 Å². The summed E-state index contributed by atoms with van der Waals surface area (Å²) >= 11 is 0. The highest BCUT2D eigenvalue weighted by Crippen LogP contribution is 2.34. The van der Waals surface area contributed by atoms with E-state index in [-0.39, 0.29) is 0 Å². The molecule has 2 N–H and O–H groups in total. The molecule has 1 aromatic rings. The summed E-state index contributed by atoms with van der Waals surface area (Å²) in [6.07, 6.45) is 2.26. The zero-order valence-corrected chi connectivity index (χ0v) is 14.2. The molecule has 124 valence electrons. The van der Waals surface area contributed by atoms with Crippen LogP contribution in [0.2, 0.25) is 0 Å². The minimum Gasteiger partial charge on any atom is -0.496 e. The summed E-state index contributed by atoms with van der Waals surface area (Å²) in [4.78, 5) is 4.20. The quantitative estimate of drug-likeness (QED) is 0.438. The number of methoxy groups -OCH3 is 3. The Hall–Kier alpha value is -2.11. The standard InChI is InChI=1S/C16H27N3O3/c1-6-7-8-18-16(17-2)19-11-12-9-14(21-4)15(22-5)10-13(12)20-3/h9-10H,6-8,11H2,1-5H3,(H2,17,18,19). The maximum Gasteiger partial charge on any atom is 0.191 e. The van der Waals surface area contributed by atoms with E-state index < -0.39 is 0 Å². The number of hydrogen-bond acceptors (Lipinski definition) is 4. The molecule has 6 nitrogen and oxygen atoms in total. The fourth-order valence-electron chi connectivity index (χ4n) is 2.01. The van der Waals surface area contributed by atoms with Gasteiger partial charge in [-0.1, -0.05) is 13.3 Å². The molecule has 22 heavy (non-hydrogen) atoms. The van der Waals surface area contributed by atoms with E-state index in [0.717, 1.165) is 36.7 Å². The lowest BCUT2D eigenvalue weighted by Crippen LogP contribution is -2.37. The molecule has 0 heterocycles. The summed E-state index contributed by atoms with van der Waals surface area (Å²) in [5.74, 6) is 2.84. The number of benzene rings is 1. The average molecular weight is 309 g/mol. The Labute approximate surface area is 132 Å². The van der Waals surface area contributed by atoms with Gasteiger partial charge >= 0.3 is 0 Å². The van der Waals surface area contributed by atoms with Crippen molar-refractivity contribution in [3.63, 3.8) is 0 Å². The Bertz CT molecular complexity index is 490. The SMILES string of the molecule is CCCCNC(=NC)NCc1cc(OC)c(OC)cc1OC. The molecule has 0 amide bonds. The van der Waals surface area contributed by atoms with Crippen LogP contribution in [0.3, 0.4) is 0 Å². The maximum atomic E-state index is 5.42. The highest BCUT2D eigenvalue weighted by atomic mass is 16.5. The summed E-state index contributed by atoms with van der Waals surface area (Å²) in [5, 5.41) is 6.54. The minimum absolute atomic E-state index is 0.579. The Morgan fingerprint density at radius 3 is 2.18 bits per heavy atom. The predicted octanol–water partition coefficient (Wildman–Crippen LogP) is 2.18. The average Bonchev–Trinajstić information content (AvgIpc) is 2.57. The van der Waals surface area contributed by atoms with Crippen LogP contribution in [0.15, 0.2) is 17.1 Å². The molecule has 0 atom stereocenters. The van der Waals surface area contributed by atoms with Crippen molar-refractivity contribution in [3.05, 3.63) is 17.7 Å². The summed E-state index contributed by atoms with van der Waals surface area (Å²) in [7, 11) is 6.62. The first-order chi connectivity index (χ1) is 10.7. The molecule has 0 saturated carbocycles. The molecule has 0 aliphatic rings. The number of aliphatic imine (C=N–C) groups is 1. The number of hydrogen-bond donors (Lipinski definition) is 2. The monoisotopic (exact) mass is 309 g/mol. The molecule has 0 radical (unpaired) electrons. The van der Waals surface area contributed by atoms with Gasteiger partial charge in [0, 0.05) is 31.8 Å². The van der Waals surface area contributed by atoms with E-state index in [1.54, 1.807) is 28.4 Å². The summed E-state index contributed by atoms with van der Waals surface area (Å²) in [5.41, 5.74) is 0.971. The lowest BCUT2D eigenvalue weighted by molar-refractivity contribution is 0.347. The second-order valence-electron chi connectivity index (χ2n) is 4.73. The van der Waals surface area contributed by atoms with E-state index in [0.29, 0.717) is 18.0 Å². The van der Waals surface area contributed by atoms with Crippen LogP contribution in [-0.2, 0) is 6.54 Å². The maximum absolute atomic E-state index is 5.42. The van der Waals surface area contributed by atoms with Crippen LogP contribution >= 0.6 is 0 Å². The van der Waals surface area contributed by atoms with Crippen molar-refractivity contribution in [2.24, 2.45) is 4.99 Å². The third-order valence-corrected chi connectivity index (χ3v) is 3.28. The number of unbranched alkanes of at least 4 members (excludes halogenated alkanes) is 1. The van der Waals surface area contributed by atoms with Crippen molar-refractivity contribution in [1.29, 1.82) is 0 Å². The summed E-state index contributed by atoms with van der Waals surface area (Å²) in [6, 6.07) is 3.73. The van der Waals surface area contributed by atoms with Crippen molar-refractivity contribution >= 4 is 5.96 Å². The van der Waals surface area contributed by atoms with Crippen LogP contribution in [0.25, 0.3) is 0 Å². The molecule has 0 fully saturated rings. The van der Waals surface area contributed by atoms with E-state index >= 15 is 0 Å². The normalized spacial score (nSPS) is 11.0. The molecule has 0 saturated heterocycles. The molecule has 1 aromatic carbocycles. The Balaban J connectivity index is 2.79. The van der Waals surface area contributed by atoms with E-state index in [9.17, 15) is 0 Å². The highest BCUT2D eigenvalue weighted by molar-refractivity contribution is 5.79. The van der Waals surface area contributed by atoms with Crippen molar-refractivity contribution in [2.75, 3.05) is 34.9 Å². The van der Waals surface area contributed by atoms with Crippen LogP contribution in [0.1, 0.15) is 25.3 Å². The molecule has 0 unspecified atom stereocenters. The molecule has 6 heteroatoms. The second-order valence-corrected chi connectivity index (χ2v) is 4.73. The van der Waals surface area contributed by atoms with Gasteiger partial charge in [0.25, 0.3) is 0 Å². The molecule has 0 spiro atoms. The second kappa shape index (κ2) is 9.76. The van der Waals surface area contributed by atoms with Crippen LogP contribution in [0.5, 0.6) is 17.2 Å². The highest BCUT2D eigenvalue weighted by Gasteiger charge is 2.12. The van der Waals surface area contributed by atoms with Gasteiger partial charge in [-0.2, -0.15) is 0 Å². The molecule has 0 aliphatic heterocycles. The lowest BCUT2D eigenvalue weighted by atomic mass is 10.1. The van der Waals surface area contributed by atoms with Gasteiger partial charge in [-0.15, -0.1) is 0 Å². The van der Waals surface area contributed by atoms with Gasteiger partial charge in [-0.25, -0.2) is 0 Å². The van der Waals surface area contributed by atoms with Crippen LogP contribution < -0.4 is 24.8 Å². The van der Waals surface area contributed by atoms with Gasteiger partial charge in [0.1, 0.15) is 5.75 Å². The third-order valence-electron chi connectivity index (χ3n) is 3.28. The number of guanidine groups is 1. The smallest absolute Gasteiger partial charge is 0.191 e. The van der Waals surface area contributed by atoms with Crippen LogP contribution in [-0.4, -0.2) is 40.9 Å². The fourth-order valence-corrected chi connectivity index (χ4v) is 2.01. The van der Waals surface area contributed by atoms with E-state index in [1.807, 2.05) is 12.1 Å². The van der Waals surface area contributed by atoms with E-state index in [1.165, 1.54) is 0 Å². The Morgan fingerprint density at radius 2 is 1.64 bits per heavy atom. The van der Waals surface area contributed by atoms with E-state index in [2.05, 4.69) is 22.5 Å². The first-order valence-corrected chi connectivity index (χ1v) is 7.43. The largest absolute Gasteiger partial charge is 0.496 e. The van der Waals surface area contributed by atoms with Gasteiger partial charge in [-0.05, 0) is 12.5 Å². The van der Waals surface area contributed by atoms with Gasteiger partial charge in [0.05, 0.1) is 21.3 Å². The van der Waals surface area contributed by atoms with Crippen LogP contribution in [0, 0.1) is 0 Å². The van der Waals surface area contributed by atoms with Crippen molar-refractivity contribution in [1.82, 2.24) is 10.6 Å². The fraction of sp³-hybridized carbons (Fsp3) is 0.562. The third kappa shape index (κ3) is 5.02. The van der Waals surface area contributed by atoms with Gasteiger partial charge in [-0.3, -0.25) is 4.99 Å². The number of rotatable bonds is 8. The van der Waals surface area contributed by atoms with Crippen molar-refractivity contribution in [3.8, 4) is 17.2 Å². The Morgan fingerprint density at radius 1 is 1.00 bits per heavy atom. The van der Waals surface area contributed by atoms with Crippen LogP contribution in [0.4, 0.5) is 0 Å². The number of ether oxygens (including phenoxy) is 3. The minimum atomic E-state index is 0.579. The molecule has 0 aliphatic carbocycles. The van der Waals surface area contributed by atoms with Gasteiger partial charge < -0.3 is 24.8 Å². The zero-order valence-electron chi connectivity index (χ0n) is 14.2. The number of nitrogens with one attached hydrogen (secondary N) is 2. The molecular weight excluding hydrogens is 282 g/mol. The van der Waals surface area contributed by atoms with Gasteiger partial charge in [0.15, 0.2) is 17.5 Å². The first kappa shape index (κ1) is 17.9. The summed E-state index contributed by atoms with van der Waals surface area (Å²) < 4.78 is 16.0. The zero-order chi connectivity index (χ0) is 16.4. The molecule has 0 bridgehead atoms. The summed E-state index contributed by atoms with van der Waals surface area (Å²) in [6.45, 7) is 3.64. The molecule has 1 rings (SSSR count). The lowest BCUT2D eigenvalue weighted by Gasteiger charge is -2.16. The van der Waals surface area contributed by atoms with E-state index in [4.69, 9.17) is 14.2 Å².